The highest BCUT2D eigenvalue weighted by molar-refractivity contribution is 7.88. The molecule has 1 amide bonds. The van der Waals surface area contributed by atoms with Crippen LogP contribution in [0.25, 0.3) is 0 Å². The highest BCUT2D eigenvalue weighted by Gasteiger charge is 2.13. The van der Waals surface area contributed by atoms with Crippen LogP contribution in [0.15, 0.2) is 24.3 Å². The summed E-state index contributed by atoms with van der Waals surface area (Å²) in [5.74, 6) is -0.111. The second-order valence-corrected chi connectivity index (χ2v) is 5.96. The normalized spacial score (nSPS) is 11.3. The first kappa shape index (κ1) is 14.7. The molecule has 0 aliphatic carbocycles. The van der Waals surface area contributed by atoms with Gasteiger partial charge in [0.25, 0.3) is 0 Å². The molecule has 0 spiro atoms. The molecule has 0 aliphatic rings. The van der Waals surface area contributed by atoms with E-state index in [9.17, 15) is 13.2 Å². The predicted molar refractivity (Wildman–Crippen MR) is 72.1 cm³/mol. The number of nitrogens with one attached hydrogen (secondary N) is 1. The standard InChI is InChI=1S/C12H18N2O3S/c1-10-6-4-5-7-12(10)14(11(2)15)9-8-13-18(3,16)17/h4-7,13H,8-9H2,1-3H3. The molecule has 1 N–H and O–H groups in total. The van der Waals surface area contributed by atoms with Crippen LogP contribution in [0, 0.1) is 6.92 Å². The molecule has 0 saturated heterocycles. The van der Waals surface area contributed by atoms with E-state index < -0.39 is 10.0 Å². The molecular formula is C12H18N2O3S. The van der Waals surface area contributed by atoms with Gasteiger partial charge < -0.3 is 4.90 Å². The van der Waals surface area contributed by atoms with Crippen molar-refractivity contribution < 1.29 is 13.2 Å². The molecule has 0 fully saturated rings. The van der Waals surface area contributed by atoms with Crippen molar-refractivity contribution in [3.63, 3.8) is 0 Å². The molecule has 0 radical (unpaired) electrons. The smallest absolute Gasteiger partial charge is 0.223 e. The summed E-state index contributed by atoms with van der Waals surface area (Å²) >= 11 is 0. The van der Waals surface area contributed by atoms with Crippen LogP contribution in [-0.4, -0.2) is 33.7 Å². The van der Waals surface area contributed by atoms with Crippen LogP contribution in [0.1, 0.15) is 12.5 Å². The lowest BCUT2D eigenvalue weighted by Gasteiger charge is -2.23. The van der Waals surface area contributed by atoms with Crippen LogP contribution >= 0.6 is 0 Å². The Hall–Kier alpha value is -1.40. The highest BCUT2D eigenvalue weighted by Crippen LogP contribution is 2.18. The first-order valence-electron chi connectivity index (χ1n) is 5.59. The van der Waals surface area contributed by atoms with Crippen LogP contribution in [-0.2, 0) is 14.8 Å². The first-order valence-corrected chi connectivity index (χ1v) is 7.49. The van der Waals surface area contributed by atoms with Gasteiger partial charge in [0.1, 0.15) is 0 Å². The van der Waals surface area contributed by atoms with Crippen LogP contribution in [0.2, 0.25) is 0 Å². The number of carbonyl (C=O) groups is 1. The van der Waals surface area contributed by atoms with Crippen LogP contribution in [0.4, 0.5) is 5.69 Å². The van der Waals surface area contributed by atoms with Gasteiger partial charge in [0.15, 0.2) is 0 Å². The van der Waals surface area contributed by atoms with Gasteiger partial charge in [-0.25, -0.2) is 13.1 Å². The third-order valence-electron chi connectivity index (χ3n) is 2.49. The molecule has 18 heavy (non-hydrogen) atoms. The first-order chi connectivity index (χ1) is 8.31. The lowest BCUT2D eigenvalue weighted by atomic mass is 10.2. The lowest BCUT2D eigenvalue weighted by molar-refractivity contribution is -0.116. The van der Waals surface area contributed by atoms with Crippen LogP contribution in [0.3, 0.4) is 0 Å². The molecule has 100 valence electrons. The number of aryl methyl sites for hydroxylation is 1. The monoisotopic (exact) mass is 270 g/mol. The van der Waals surface area contributed by atoms with E-state index in [4.69, 9.17) is 0 Å². The van der Waals surface area contributed by atoms with Gasteiger partial charge in [0.2, 0.25) is 15.9 Å². The van der Waals surface area contributed by atoms with Gasteiger partial charge in [-0.3, -0.25) is 4.79 Å². The van der Waals surface area contributed by atoms with E-state index in [0.717, 1.165) is 17.5 Å². The minimum Gasteiger partial charge on any atom is -0.311 e. The summed E-state index contributed by atoms with van der Waals surface area (Å²) in [5.41, 5.74) is 1.78. The Morgan fingerprint density at radius 3 is 2.44 bits per heavy atom. The predicted octanol–water partition coefficient (Wildman–Crippen LogP) is 0.897. The Morgan fingerprint density at radius 1 is 1.33 bits per heavy atom. The zero-order valence-corrected chi connectivity index (χ0v) is 11.6. The Kier molecular flexibility index (Phi) is 4.86. The van der Waals surface area contributed by atoms with Crippen molar-refractivity contribution in [2.75, 3.05) is 24.2 Å². The van der Waals surface area contributed by atoms with Crippen molar-refractivity contribution in [1.29, 1.82) is 0 Å². The maximum absolute atomic E-state index is 11.6. The summed E-state index contributed by atoms with van der Waals surface area (Å²) < 4.78 is 24.3. The summed E-state index contributed by atoms with van der Waals surface area (Å²) in [6.45, 7) is 3.89. The van der Waals surface area contributed by atoms with Gasteiger partial charge in [-0.1, -0.05) is 18.2 Å². The number of sulfonamides is 1. The SMILES string of the molecule is CC(=O)N(CCNS(C)(=O)=O)c1ccccc1C. The van der Waals surface area contributed by atoms with Crippen molar-refractivity contribution in [3.05, 3.63) is 29.8 Å². The number of anilines is 1. The van der Waals surface area contributed by atoms with Crippen molar-refractivity contribution in [1.82, 2.24) is 4.72 Å². The number of para-hydroxylation sites is 1. The molecule has 1 rings (SSSR count). The van der Waals surface area contributed by atoms with Crippen LogP contribution in [0.5, 0.6) is 0 Å². The minimum absolute atomic E-state index is 0.111. The molecule has 0 saturated carbocycles. The maximum atomic E-state index is 11.6. The van der Waals surface area contributed by atoms with Crippen molar-refractivity contribution in [2.45, 2.75) is 13.8 Å². The van der Waals surface area contributed by atoms with Crippen molar-refractivity contribution in [3.8, 4) is 0 Å². The average Bonchev–Trinajstić information content (AvgIpc) is 2.24. The third-order valence-corrected chi connectivity index (χ3v) is 3.21. The van der Waals surface area contributed by atoms with Gasteiger partial charge in [-0.15, -0.1) is 0 Å². The Bertz CT molecular complexity index is 526. The van der Waals surface area contributed by atoms with Gasteiger partial charge in [-0.05, 0) is 18.6 Å². The molecule has 0 aromatic heterocycles. The highest BCUT2D eigenvalue weighted by atomic mass is 32.2. The maximum Gasteiger partial charge on any atom is 0.223 e. The quantitative estimate of drug-likeness (QED) is 0.864. The van der Waals surface area contributed by atoms with Gasteiger partial charge in [0, 0.05) is 25.7 Å². The number of nitrogens with zero attached hydrogens (tertiary/aromatic N) is 1. The van der Waals surface area contributed by atoms with E-state index in [2.05, 4.69) is 4.72 Å². The summed E-state index contributed by atoms with van der Waals surface area (Å²) in [6, 6.07) is 7.50. The topological polar surface area (TPSA) is 66.5 Å². The summed E-state index contributed by atoms with van der Waals surface area (Å²) in [6.07, 6.45) is 1.10. The molecule has 6 heteroatoms. The molecule has 0 unspecified atom stereocenters. The summed E-state index contributed by atoms with van der Waals surface area (Å²) in [4.78, 5) is 13.2. The second kappa shape index (κ2) is 5.97. The van der Waals surface area contributed by atoms with Gasteiger partial charge in [0.05, 0.1) is 6.26 Å². The van der Waals surface area contributed by atoms with E-state index >= 15 is 0 Å². The Balaban J connectivity index is 2.79. The fraction of sp³-hybridized carbons (Fsp3) is 0.417. The number of hydrogen-bond acceptors (Lipinski definition) is 3. The van der Waals surface area contributed by atoms with E-state index in [1.165, 1.54) is 6.92 Å². The molecule has 1 aromatic carbocycles. The molecular weight excluding hydrogens is 252 g/mol. The van der Waals surface area contributed by atoms with E-state index in [-0.39, 0.29) is 12.5 Å². The second-order valence-electron chi connectivity index (χ2n) is 4.12. The molecule has 0 bridgehead atoms. The largest absolute Gasteiger partial charge is 0.311 e. The van der Waals surface area contributed by atoms with Crippen molar-refractivity contribution >= 4 is 21.6 Å². The number of rotatable bonds is 5. The van der Waals surface area contributed by atoms with Gasteiger partial charge in [-0.2, -0.15) is 0 Å². The average molecular weight is 270 g/mol. The number of amides is 1. The zero-order chi connectivity index (χ0) is 13.8. The molecule has 1 aromatic rings. The fourth-order valence-electron chi connectivity index (χ4n) is 1.66. The zero-order valence-electron chi connectivity index (χ0n) is 10.8. The number of benzene rings is 1. The molecule has 5 nitrogen and oxygen atoms in total. The third kappa shape index (κ3) is 4.46. The van der Waals surface area contributed by atoms with Crippen LogP contribution < -0.4 is 9.62 Å². The molecule has 0 aliphatic heterocycles. The minimum atomic E-state index is -3.23. The van der Waals surface area contributed by atoms with E-state index in [1.807, 2.05) is 31.2 Å². The summed E-state index contributed by atoms with van der Waals surface area (Å²) in [7, 11) is -3.23. The summed E-state index contributed by atoms with van der Waals surface area (Å²) in [5, 5.41) is 0. The number of hydrogen-bond donors (Lipinski definition) is 1. The lowest BCUT2D eigenvalue weighted by Crippen LogP contribution is -2.37. The molecule has 0 heterocycles. The Morgan fingerprint density at radius 2 is 1.94 bits per heavy atom. The van der Waals surface area contributed by atoms with Crippen molar-refractivity contribution in [2.24, 2.45) is 0 Å². The van der Waals surface area contributed by atoms with E-state index in [0.29, 0.717) is 6.54 Å². The van der Waals surface area contributed by atoms with Gasteiger partial charge >= 0.3 is 0 Å². The fourth-order valence-corrected chi connectivity index (χ4v) is 2.12. The van der Waals surface area contributed by atoms with E-state index in [1.54, 1.807) is 4.90 Å². The number of carbonyl (C=O) groups excluding carboxylic acids is 1. The Labute approximate surface area is 108 Å². The molecule has 0 atom stereocenters.